The first-order chi connectivity index (χ1) is 15.5. The molecule has 8 nitrogen and oxygen atoms in total. The highest BCUT2D eigenvalue weighted by atomic mass is 16.5. The summed E-state index contributed by atoms with van der Waals surface area (Å²) < 4.78 is 13.1. The Hall–Kier alpha value is -4.20. The Balaban J connectivity index is 1.43. The smallest absolute Gasteiger partial charge is 0.228 e. The number of nitrogens with zero attached hydrogens (tertiary/aromatic N) is 4. The Labute approximate surface area is 185 Å². The summed E-state index contributed by atoms with van der Waals surface area (Å²) in [4.78, 5) is 25.4. The molecule has 0 unspecified atom stereocenters. The Morgan fingerprint density at radius 2 is 1.84 bits per heavy atom. The average Bonchev–Trinajstić information content (AvgIpc) is 3.21. The largest absolute Gasteiger partial charge is 0.496 e. The van der Waals surface area contributed by atoms with E-state index >= 15 is 0 Å². The zero-order valence-electron chi connectivity index (χ0n) is 18.1. The maximum Gasteiger partial charge on any atom is 0.228 e. The number of nitrogens with one attached hydrogen (secondary N) is 1. The molecule has 4 rings (SSSR count). The molecule has 0 aliphatic heterocycles. The van der Waals surface area contributed by atoms with Gasteiger partial charge in [-0.05, 0) is 44.2 Å². The lowest BCUT2D eigenvalue weighted by Gasteiger charge is -2.11. The van der Waals surface area contributed by atoms with Crippen LogP contribution >= 0.6 is 0 Å². The number of hydrogen-bond acceptors (Lipinski definition) is 6. The first-order valence-electron chi connectivity index (χ1n) is 10.1. The van der Waals surface area contributed by atoms with Crippen LogP contribution in [0.4, 0.5) is 5.69 Å². The molecule has 0 saturated heterocycles. The second-order valence-corrected chi connectivity index (χ2v) is 7.12. The van der Waals surface area contributed by atoms with Crippen LogP contribution in [-0.4, -0.2) is 32.5 Å². The summed E-state index contributed by atoms with van der Waals surface area (Å²) in [5, 5.41) is 2.89. The summed E-state index contributed by atoms with van der Waals surface area (Å²) in [5.41, 5.74) is 1.50. The van der Waals surface area contributed by atoms with Gasteiger partial charge >= 0.3 is 0 Å². The molecular formula is C24H23N5O3. The monoisotopic (exact) mass is 429 g/mol. The molecule has 0 atom stereocenters. The lowest BCUT2D eigenvalue weighted by Crippen LogP contribution is -2.14. The molecule has 0 fully saturated rings. The molecule has 1 amide bonds. The van der Waals surface area contributed by atoms with Crippen molar-refractivity contribution < 1.29 is 14.3 Å². The molecule has 0 saturated carbocycles. The number of imidazole rings is 1. The number of ether oxygens (including phenoxy) is 2. The summed E-state index contributed by atoms with van der Waals surface area (Å²) in [6, 6.07) is 16.3. The minimum Gasteiger partial charge on any atom is -0.496 e. The zero-order valence-corrected chi connectivity index (χ0v) is 18.1. The Bertz CT molecular complexity index is 1230. The summed E-state index contributed by atoms with van der Waals surface area (Å²) in [6.45, 7) is 3.71. The molecule has 0 radical (unpaired) electrons. The fourth-order valence-electron chi connectivity index (χ4n) is 3.28. The van der Waals surface area contributed by atoms with E-state index in [0.29, 0.717) is 34.7 Å². The molecule has 2 aromatic carbocycles. The van der Waals surface area contributed by atoms with Crippen molar-refractivity contribution in [1.29, 1.82) is 0 Å². The molecule has 4 aromatic rings. The van der Waals surface area contributed by atoms with Crippen LogP contribution in [0, 0.1) is 13.8 Å². The first-order valence-corrected chi connectivity index (χ1v) is 10.1. The van der Waals surface area contributed by atoms with Gasteiger partial charge in [0.25, 0.3) is 0 Å². The molecule has 2 heterocycles. The topological polar surface area (TPSA) is 91.2 Å². The molecular weight excluding hydrogens is 406 g/mol. The minimum absolute atomic E-state index is 0.130. The third kappa shape index (κ3) is 4.92. The maximum atomic E-state index is 12.4. The van der Waals surface area contributed by atoms with Gasteiger partial charge in [0.05, 0.1) is 13.5 Å². The van der Waals surface area contributed by atoms with E-state index in [-0.39, 0.29) is 12.3 Å². The van der Waals surface area contributed by atoms with Gasteiger partial charge in [0.2, 0.25) is 11.8 Å². The Morgan fingerprint density at radius 1 is 1.06 bits per heavy atom. The van der Waals surface area contributed by atoms with Crippen molar-refractivity contribution in [2.75, 3.05) is 12.4 Å². The van der Waals surface area contributed by atoms with Crippen molar-refractivity contribution in [2.24, 2.45) is 0 Å². The summed E-state index contributed by atoms with van der Waals surface area (Å²) in [6.07, 6.45) is 3.77. The third-order valence-corrected chi connectivity index (χ3v) is 4.78. The summed E-state index contributed by atoms with van der Waals surface area (Å²) >= 11 is 0. The van der Waals surface area contributed by atoms with Crippen LogP contribution in [-0.2, 0) is 11.2 Å². The number of aromatic nitrogens is 4. The summed E-state index contributed by atoms with van der Waals surface area (Å²) in [5.74, 6) is 3.68. The number of methoxy groups -OCH3 is 1. The predicted octanol–water partition coefficient (Wildman–Crippen LogP) is 4.26. The van der Waals surface area contributed by atoms with Crippen LogP contribution in [0.5, 0.6) is 17.4 Å². The number of benzene rings is 2. The van der Waals surface area contributed by atoms with Crippen molar-refractivity contribution in [3.63, 3.8) is 0 Å². The minimum atomic E-state index is -0.130. The van der Waals surface area contributed by atoms with Gasteiger partial charge in [0.15, 0.2) is 0 Å². The highest BCUT2D eigenvalue weighted by Gasteiger charge is 2.10. The van der Waals surface area contributed by atoms with Crippen molar-refractivity contribution in [3.8, 4) is 23.2 Å². The molecule has 0 bridgehead atoms. The highest BCUT2D eigenvalue weighted by molar-refractivity contribution is 5.92. The second-order valence-electron chi connectivity index (χ2n) is 7.12. The molecule has 8 heteroatoms. The maximum absolute atomic E-state index is 12.4. The highest BCUT2D eigenvalue weighted by Crippen LogP contribution is 2.24. The van der Waals surface area contributed by atoms with Gasteiger partial charge in [0.1, 0.15) is 29.0 Å². The predicted molar refractivity (Wildman–Crippen MR) is 120 cm³/mol. The van der Waals surface area contributed by atoms with E-state index in [1.165, 1.54) is 0 Å². The number of anilines is 1. The van der Waals surface area contributed by atoms with Crippen molar-refractivity contribution >= 4 is 11.6 Å². The molecule has 162 valence electrons. The van der Waals surface area contributed by atoms with E-state index in [0.717, 1.165) is 11.4 Å². The number of para-hydroxylation sites is 1. The van der Waals surface area contributed by atoms with Crippen LogP contribution in [0.25, 0.3) is 5.82 Å². The first kappa shape index (κ1) is 21.0. The van der Waals surface area contributed by atoms with Gasteiger partial charge < -0.3 is 14.8 Å². The van der Waals surface area contributed by atoms with Gasteiger partial charge in [0, 0.05) is 29.7 Å². The van der Waals surface area contributed by atoms with E-state index in [9.17, 15) is 4.79 Å². The molecule has 0 spiro atoms. The van der Waals surface area contributed by atoms with Crippen LogP contribution in [0.3, 0.4) is 0 Å². The van der Waals surface area contributed by atoms with Crippen LogP contribution in [0.2, 0.25) is 0 Å². The number of amides is 1. The Kier molecular flexibility index (Phi) is 6.12. The fourth-order valence-corrected chi connectivity index (χ4v) is 3.28. The van der Waals surface area contributed by atoms with Crippen LogP contribution in [0.1, 0.15) is 17.2 Å². The van der Waals surface area contributed by atoms with E-state index in [2.05, 4.69) is 20.3 Å². The van der Waals surface area contributed by atoms with E-state index < -0.39 is 0 Å². The number of carbonyl (C=O) groups is 1. The van der Waals surface area contributed by atoms with E-state index in [4.69, 9.17) is 9.47 Å². The normalized spacial score (nSPS) is 10.6. The lowest BCUT2D eigenvalue weighted by molar-refractivity contribution is -0.115. The SMILES string of the molecule is COc1ccccc1CC(=O)Nc1ccc(Oc2cc(-n3ccnc3C)nc(C)n2)cc1. The van der Waals surface area contributed by atoms with Crippen LogP contribution in [0.15, 0.2) is 67.0 Å². The number of hydrogen-bond donors (Lipinski definition) is 1. The van der Waals surface area contributed by atoms with E-state index in [1.807, 2.05) is 48.9 Å². The molecule has 32 heavy (non-hydrogen) atoms. The number of rotatable bonds is 7. The summed E-state index contributed by atoms with van der Waals surface area (Å²) in [7, 11) is 1.59. The van der Waals surface area contributed by atoms with Gasteiger partial charge in [-0.15, -0.1) is 0 Å². The van der Waals surface area contributed by atoms with Crippen molar-refractivity contribution in [1.82, 2.24) is 19.5 Å². The molecule has 1 N–H and O–H groups in total. The standard InChI is InChI=1S/C24H23N5O3/c1-16-26-22(29-13-12-25-17(29)2)15-24(27-16)32-20-10-8-19(9-11-20)28-23(30)14-18-6-4-5-7-21(18)31-3/h4-13,15H,14H2,1-3H3,(H,28,30). The van der Waals surface area contributed by atoms with Gasteiger partial charge in [-0.1, -0.05) is 18.2 Å². The zero-order chi connectivity index (χ0) is 22.5. The van der Waals surface area contributed by atoms with Gasteiger partial charge in [-0.2, -0.15) is 4.98 Å². The van der Waals surface area contributed by atoms with Gasteiger partial charge in [-0.3, -0.25) is 9.36 Å². The number of aryl methyl sites for hydroxylation is 2. The van der Waals surface area contributed by atoms with Crippen LogP contribution < -0.4 is 14.8 Å². The number of carbonyl (C=O) groups excluding carboxylic acids is 1. The molecule has 2 aromatic heterocycles. The van der Waals surface area contributed by atoms with Crippen molar-refractivity contribution in [2.45, 2.75) is 20.3 Å². The van der Waals surface area contributed by atoms with Gasteiger partial charge in [-0.25, -0.2) is 9.97 Å². The third-order valence-electron chi connectivity index (χ3n) is 4.78. The Morgan fingerprint density at radius 3 is 2.56 bits per heavy atom. The van der Waals surface area contributed by atoms with Crippen molar-refractivity contribution in [3.05, 3.63) is 84.2 Å². The molecule has 0 aliphatic rings. The van der Waals surface area contributed by atoms with E-state index in [1.54, 1.807) is 43.6 Å². The average molecular weight is 429 g/mol. The second kappa shape index (κ2) is 9.30. The fraction of sp³-hybridized carbons (Fsp3) is 0.167. The quantitative estimate of drug-likeness (QED) is 0.472. The molecule has 0 aliphatic carbocycles. The lowest BCUT2D eigenvalue weighted by atomic mass is 10.1.